The molecule has 0 aromatic heterocycles. The van der Waals surface area contributed by atoms with Crippen LogP contribution in [0.4, 0.5) is 0 Å². The number of hydrogen-bond donors (Lipinski definition) is 1. The fraction of sp³-hybridized carbons (Fsp3) is 0.375. The standard InChI is InChI=1S/C16H16N2O5S/c1-8-4-9(6-17)16(24-8)18-15(19)10-5-11(20-2)13-14(12(10)21-3)23-7-22-13/h4-5,9,16H,7H2,1-3H3,(H,18,19). The molecule has 0 radical (unpaired) electrons. The van der Waals surface area contributed by atoms with Crippen molar-refractivity contribution in [1.82, 2.24) is 5.32 Å². The molecule has 2 aliphatic rings. The Morgan fingerprint density at radius 3 is 2.79 bits per heavy atom. The van der Waals surface area contributed by atoms with Gasteiger partial charge in [-0.3, -0.25) is 4.79 Å². The summed E-state index contributed by atoms with van der Waals surface area (Å²) in [6.07, 6.45) is 1.84. The Balaban J connectivity index is 1.92. The number of nitrogens with one attached hydrogen (secondary N) is 1. The molecule has 7 nitrogen and oxygen atoms in total. The van der Waals surface area contributed by atoms with E-state index in [9.17, 15) is 10.1 Å². The van der Waals surface area contributed by atoms with Crippen LogP contribution in [0.3, 0.4) is 0 Å². The number of amides is 1. The molecule has 8 heteroatoms. The van der Waals surface area contributed by atoms with Gasteiger partial charge in [-0.15, -0.1) is 11.8 Å². The summed E-state index contributed by atoms with van der Waals surface area (Å²) in [5, 5.41) is 11.7. The predicted octanol–water partition coefficient (Wildman–Crippen LogP) is 2.28. The van der Waals surface area contributed by atoms with E-state index < -0.39 is 0 Å². The van der Waals surface area contributed by atoms with Gasteiger partial charge < -0.3 is 24.3 Å². The summed E-state index contributed by atoms with van der Waals surface area (Å²) in [5.74, 6) is 0.673. The molecule has 2 atom stereocenters. The molecule has 0 bridgehead atoms. The molecule has 1 aromatic carbocycles. The number of fused-ring (bicyclic) bond motifs is 1. The maximum Gasteiger partial charge on any atom is 0.256 e. The van der Waals surface area contributed by atoms with Crippen LogP contribution in [0, 0.1) is 17.2 Å². The largest absolute Gasteiger partial charge is 0.493 e. The Morgan fingerprint density at radius 1 is 1.38 bits per heavy atom. The van der Waals surface area contributed by atoms with Crippen molar-refractivity contribution in [3.05, 3.63) is 22.6 Å². The van der Waals surface area contributed by atoms with Crippen LogP contribution in [0.5, 0.6) is 23.0 Å². The first-order valence-corrected chi connectivity index (χ1v) is 8.07. The van der Waals surface area contributed by atoms with Gasteiger partial charge in [-0.05, 0) is 11.8 Å². The minimum absolute atomic E-state index is 0.0330. The number of ether oxygens (including phenoxy) is 4. The van der Waals surface area contributed by atoms with E-state index in [2.05, 4.69) is 11.4 Å². The summed E-state index contributed by atoms with van der Waals surface area (Å²) >= 11 is 1.45. The number of nitriles is 1. The van der Waals surface area contributed by atoms with Gasteiger partial charge in [-0.25, -0.2) is 0 Å². The Kier molecular flexibility index (Phi) is 4.44. The molecule has 0 spiro atoms. The third-order valence-corrected chi connectivity index (χ3v) is 4.88. The summed E-state index contributed by atoms with van der Waals surface area (Å²) < 4.78 is 21.4. The van der Waals surface area contributed by atoms with Crippen LogP contribution in [0.25, 0.3) is 0 Å². The number of thioether (sulfide) groups is 1. The Bertz CT molecular complexity index is 756. The molecule has 24 heavy (non-hydrogen) atoms. The summed E-state index contributed by atoms with van der Waals surface area (Å²) in [7, 11) is 2.94. The number of rotatable bonds is 4. The molecule has 1 N–H and O–H groups in total. The van der Waals surface area contributed by atoms with Crippen LogP contribution in [0.2, 0.25) is 0 Å². The zero-order chi connectivity index (χ0) is 17.3. The van der Waals surface area contributed by atoms with Gasteiger partial charge in [0.05, 0.1) is 37.1 Å². The van der Waals surface area contributed by atoms with Crippen LogP contribution in [0.1, 0.15) is 17.3 Å². The van der Waals surface area contributed by atoms with Gasteiger partial charge in [0.15, 0.2) is 11.5 Å². The molecule has 0 saturated carbocycles. The molecule has 3 rings (SSSR count). The Hall–Kier alpha value is -2.53. The second kappa shape index (κ2) is 6.53. The monoisotopic (exact) mass is 348 g/mol. The minimum atomic E-state index is -0.374. The highest BCUT2D eigenvalue weighted by Crippen LogP contribution is 2.49. The lowest BCUT2D eigenvalue weighted by Gasteiger charge is -2.18. The molecule has 2 unspecified atom stereocenters. The van der Waals surface area contributed by atoms with E-state index in [0.717, 1.165) is 4.91 Å². The number of methoxy groups -OCH3 is 2. The van der Waals surface area contributed by atoms with E-state index in [1.165, 1.54) is 26.0 Å². The highest BCUT2D eigenvalue weighted by Gasteiger charge is 2.33. The summed E-state index contributed by atoms with van der Waals surface area (Å²) in [6, 6.07) is 3.73. The lowest BCUT2D eigenvalue weighted by Crippen LogP contribution is -2.35. The number of carbonyl (C=O) groups is 1. The first kappa shape index (κ1) is 16.3. The molecule has 2 aliphatic heterocycles. The van der Waals surface area contributed by atoms with Crippen LogP contribution in [0.15, 0.2) is 17.0 Å². The number of allylic oxidation sites excluding steroid dienone is 1. The third-order valence-electron chi connectivity index (χ3n) is 3.71. The van der Waals surface area contributed by atoms with Gasteiger partial charge in [0.25, 0.3) is 5.91 Å². The average molecular weight is 348 g/mol. The van der Waals surface area contributed by atoms with Crippen LogP contribution >= 0.6 is 11.8 Å². The number of nitrogens with zero attached hydrogens (tertiary/aromatic N) is 1. The minimum Gasteiger partial charge on any atom is -0.493 e. The lowest BCUT2D eigenvalue weighted by molar-refractivity contribution is 0.0943. The van der Waals surface area contributed by atoms with E-state index in [1.54, 1.807) is 6.07 Å². The topological polar surface area (TPSA) is 89.8 Å². The van der Waals surface area contributed by atoms with Gasteiger partial charge in [-0.1, -0.05) is 6.08 Å². The zero-order valence-electron chi connectivity index (χ0n) is 13.4. The number of hydrogen-bond acceptors (Lipinski definition) is 7. The zero-order valence-corrected chi connectivity index (χ0v) is 14.2. The molecule has 126 valence electrons. The van der Waals surface area contributed by atoms with E-state index in [1.807, 2.05) is 13.0 Å². The first-order valence-electron chi connectivity index (χ1n) is 7.19. The second-order valence-corrected chi connectivity index (χ2v) is 6.56. The fourth-order valence-corrected chi connectivity index (χ4v) is 3.70. The van der Waals surface area contributed by atoms with Gasteiger partial charge in [-0.2, -0.15) is 5.26 Å². The van der Waals surface area contributed by atoms with Crippen molar-refractivity contribution < 1.29 is 23.7 Å². The second-order valence-electron chi connectivity index (χ2n) is 5.17. The molecule has 1 amide bonds. The summed E-state index contributed by atoms with van der Waals surface area (Å²) in [4.78, 5) is 13.7. The van der Waals surface area contributed by atoms with Gasteiger partial charge >= 0.3 is 0 Å². The smallest absolute Gasteiger partial charge is 0.256 e. The van der Waals surface area contributed by atoms with Crippen molar-refractivity contribution in [3.63, 3.8) is 0 Å². The van der Waals surface area contributed by atoms with Crippen molar-refractivity contribution in [2.24, 2.45) is 5.92 Å². The molecule has 2 heterocycles. The summed E-state index contributed by atoms with van der Waals surface area (Å²) in [5.41, 5.74) is 0.264. The van der Waals surface area contributed by atoms with Crippen LogP contribution < -0.4 is 24.3 Å². The molecule has 1 aromatic rings. The molecule has 0 aliphatic carbocycles. The van der Waals surface area contributed by atoms with Gasteiger partial charge in [0, 0.05) is 6.07 Å². The molecule has 0 saturated heterocycles. The van der Waals surface area contributed by atoms with Crippen molar-refractivity contribution in [3.8, 4) is 29.1 Å². The molecule has 0 fully saturated rings. The van der Waals surface area contributed by atoms with Crippen molar-refractivity contribution >= 4 is 17.7 Å². The predicted molar refractivity (Wildman–Crippen MR) is 87.4 cm³/mol. The van der Waals surface area contributed by atoms with Crippen LogP contribution in [-0.4, -0.2) is 32.3 Å². The van der Waals surface area contributed by atoms with Crippen molar-refractivity contribution in [2.75, 3.05) is 21.0 Å². The van der Waals surface area contributed by atoms with E-state index in [-0.39, 0.29) is 35.3 Å². The normalized spacial score (nSPS) is 21.0. The third kappa shape index (κ3) is 2.71. The quantitative estimate of drug-likeness (QED) is 0.893. The lowest BCUT2D eigenvalue weighted by atomic mass is 10.1. The van der Waals surface area contributed by atoms with Crippen molar-refractivity contribution in [1.29, 1.82) is 5.26 Å². The maximum atomic E-state index is 12.7. The highest BCUT2D eigenvalue weighted by atomic mass is 32.2. The SMILES string of the molecule is COc1cc(C(=O)NC2SC(C)=CC2C#N)c(OC)c2c1OCO2. The fourth-order valence-electron chi connectivity index (χ4n) is 2.62. The molecular formula is C16H16N2O5S. The number of benzene rings is 1. The Labute approximate surface area is 143 Å². The average Bonchev–Trinajstić information content (AvgIpc) is 3.19. The first-order chi connectivity index (χ1) is 11.6. The van der Waals surface area contributed by atoms with E-state index in [0.29, 0.717) is 17.2 Å². The van der Waals surface area contributed by atoms with E-state index in [4.69, 9.17) is 18.9 Å². The highest BCUT2D eigenvalue weighted by molar-refractivity contribution is 8.03. The Morgan fingerprint density at radius 2 is 2.12 bits per heavy atom. The maximum absolute atomic E-state index is 12.7. The number of carbonyl (C=O) groups excluding carboxylic acids is 1. The van der Waals surface area contributed by atoms with Gasteiger partial charge in [0.2, 0.25) is 18.3 Å². The van der Waals surface area contributed by atoms with Crippen molar-refractivity contribution in [2.45, 2.75) is 12.3 Å². The van der Waals surface area contributed by atoms with Crippen LogP contribution in [-0.2, 0) is 0 Å². The molecular weight excluding hydrogens is 332 g/mol. The van der Waals surface area contributed by atoms with E-state index >= 15 is 0 Å². The summed E-state index contributed by atoms with van der Waals surface area (Å²) in [6.45, 7) is 1.94. The van der Waals surface area contributed by atoms with Gasteiger partial charge in [0.1, 0.15) is 0 Å².